The summed E-state index contributed by atoms with van der Waals surface area (Å²) in [6, 6.07) is 4.74. The van der Waals surface area contributed by atoms with Gasteiger partial charge < -0.3 is 16.4 Å². The Morgan fingerprint density at radius 2 is 2.33 bits per heavy atom. The summed E-state index contributed by atoms with van der Waals surface area (Å²) >= 11 is 0. The number of urea groups is 1. The molecule has 78 valence electrons. The zero-order valence-corrected chi connectivity index (χ0v) is 8.03. The fraction of sp³-hybridized carbons (Fsp3) is 0.222. The molecule has 0 spiro atoms. The summed E-state index contributed by atoms with van der Waals surface area (Å²) < 4.78 is 0. The van der Waals surface area contributed by atoms with Crippen molar-refractivity contribution in [3.63, 3.8) is 0 Å². The van der Waals surface area contributed by atoms with Crippen LogP contribution in [0.5, 0.6) is 0 Å². The van der Waals surface area contributed by atoms with Crippen LogP contribution in [0.1, 0.15) is 5.69 Å². The van der Waals surface area contributed by atoms with E-state index in [0.717, 1.165) is 5.69 Å². The molecule has 0 aromatic carbocycles. The van der Waals surface area contributed by atoms with Crippen molar-refractivity contribution in [3.8, 4) is 6.07 Å². The number of hydrogen-bond donors (Lipinski definition) is 3. The van der Waals surface area contributed by atoms with Gasteiger partial charge in [0.2, 0.25) is 0 Å². The normalized spacial score (nSPS) is 9.00. The molecule has 0 saturated heterocycles. The van der Waals surface area contributed by atoms with Crippen molar-refractivity contribution in [2.24, 2.45) is 5.73 Å². The topological polar surface area (TPSA) is 104 Å². The second kappa shape index (κ2) is 5.44. The standard InChI is InChI=1S/C9H11N5O/c10-5-7-1-2-8(6-14-7)12-3-4-13-9(11)15/h1-2,6,12H,3-4H2,(H3,11,13,15). The molecule has 0 unspecified atom stereocenters. The van der Waals surface area contributed by atoms with Crippen LogP contribution in [0.4, 0.5) is 10.5 Å². The summed E-state index contributed by atoms with van der Waals surface area (Å²) in [6.07, 6.45) is 1.56. The predicted molar refractivity (Wildman–Crippen MR) is 55.0 cm³/mol. The van der Waals surface area contributed by atoms with Crippen molar-refractivity contribution in [2.75, 3.05) is 18.4 Å². The third kappa shape index (κ3) is 3.95. The molecule has 1 rings (SSSR count). The summed E-state index contributed by atoms with van der Waals surface area (Å²) in [5.41, 5.74) is 6.05. The predicted octanol–water partition coefficient (Wildman–Crippen LogP) is 0.0335. The summed E-state index contributed by atoms with van der Waals surface area (Å²) in [4.78, 5) is 14.2. The minimum atomic E-state index is -0.547. The lowest BCUT2D eigenvalue weighted by atomic mass is 10.3. The van der Waals surface area contributed by atoms with Crippen molar-refractivity contribution < 1.29 is 4.79 Å². The zero-order valence-electron chi connectivity index (χ0n) is 8.03. The van der Waals surface area contributed by atoms with Crippen LogP contribution >= 0.6 is 0 Å². The molecule has 0 aliphatic carbocycles. The average Bonchev–Trinajstić information content (AvgIpc) is 2.25. The Hall–Kier alpha value is -2.29. The van der Waals surface area contributed by atoms with Crippen LogP contribution < -0.4 is 16.4 Å². The Labute approximate surface area is 87.1 Å². The van der Waals surface area contributed by atoms with E-state index in [1.165, 1.54) is 0 Å². The van der Waals surface area contributed by atoms with Gasteiger partial charge in [-0.25, -0.2) is 9.78 Å². The highest BCUT2D eigenvalue weighted by Gasteiger charge is 1.94. The number of primary amides is 1. The van der Waals surface area contributed by atoms with Gasteiger partial charge in [0.1, 0.15) is 11.8 Å². The molecule has 1 aromatic rings. The highest BCUT2D eigenvalue weighted by molar-refractivity contribution is 5.71. The second-order valence-electron chi connectivity index (χ2n) is 2.76. The van der Waals surface area contributed by atoms with Crippen molar-refractivity contribution >= 4 is 11.7 Å². The van der Waals surface area contributed by atoms with Crippen LogP contribution in [0.3, 0.4) is 0 Å². The van der Waals surface area contributed by atoms with Crippen LogP contribution in [0.2, 0.25) is 0 Å². The molecule has 0 atom stereocenters. The molecule has 0 fully saturated rings. The molecule has 15 heavy (non-hydrogen) atoms. The van der Waals surface area contributed by atoms with Gasteiger partial charge in [0.15, 0.2) is 0 Å². The number of carbonyl (C=O) groups is 1. The van der Waals surface area contributed by atoms with Crippen LogP contribution in [-0.4, -0.2) is 24.1 Å². The number of pyridine rings is 1. The SMILES string of the molecule is N#Cc1ccc(NCCNC(N)=O)cn1. The van der Waals surface area contributed by atoms with Gasteiger partial charge in [0.25, 0.3) is 0 Å². The Balaban J connectivity index is 2.32. The number of nitriles is 1. The molecule has 4 N–H and O–H groups in total. The molecule has 6 nitrogen and oxygen atoms in total. The molecule has 1 heterocycles. The first-order valence-corrected chi connectivity index (χ1v) is 4.35. The molecule has 2 amide bonds. The number of aromatic nitrogens is 1. The molecule has 6 heteroatoms. The van der Waals surface area contributed by atoms with E-state index >= 15 is 0 Å². The molecule has 0 aliphatic heterocycles. The lowest BCUT2D eigenvalue weighted by Gasteiger charge is -2.05. The maximum Gasteiger partial charge on any atom is 0.312 e. The number of rotatable bonds is 4. The zero-order chi connectivity index (χ0) is 11.1. The van der Waals surface area contributed by atoms with Gasteiger partial charge in [-0.05, 0) is 12.1 Å². The molecule has 1 aromatic heterocycles. The van der Waals surface area contributed by atoms with Gasteiger partial charge in [0, 0.05) is 13.1 Å². The van der Waals surface area contributed by atoms with Gasteiger partial charge >= 0.3 is 6.03 Å². The number of hydrogen-bond acceptors (Lipinski definition) is 4. The number of anilines is 1. The first-order valence-electron chi connectivity index (χ1n) is 4.35. The van der Waals surface area contributed by atoms with E-state index < -0.39 is 6.03 Å². The molecular formula is C9H11N5O. The van der Waals surface area contributed by atoms with E-state index in [1.807, 2.05) is 6.07 Å². The van der Waals surface area contributed by atoms with Crippen molar-refractivity contribution in [3.05, 3.63) is 24.0 Å². The minimum absolute atomic E-state index is 0.371. The van der Waals surface area contributed by atoms with Crippen molar-refractivity contribution in [1.82, 2.24) is 10.3 Å². The van der Waals surface area contributed by atoms with Gasteiger partial charge in [-0.2, -0.15) is 5.26 Å². The van der Waals surface area contributed by atoms with Crippen molar-refractivity contribution in [2.45, 2.75) is 0 Å². The Morgan fingerprint density at radius 3 is 2.87 bits per heavy atom. The quantitative estimate of drug-likeness (QED) is 0.603. The molecule has 0 aliphatic rings. The first-order chi connectivity index (χ1) is 7.22. The van der Waals surface area contributed by atoms with E-state index in [9.17, 15) is 4.79 Å². The Kier molecular flexibility index (Phi) is 3.91. The smallest absolute Gasteiger partial charge is 0.312 e. The highest BCUT2D eigenvalue weighted by Crippen LogP contribution is 2.04. The fourth-order valence-corrected chi connectivity index (χ4v) is 0.957. The summed E-state index contributed by atoms with van der Waals surface area (Å²) in [5, 5.41) is 14.0. The third-order valence-electron chi connectivity index (χ3n) is 1.63. The van der Waals surface area contributed by atoms with E-state index in [2.05, 4.69) is 15.6 Å². The summed E-state index contributed by atoms with van der Waals surface area (Å²) in [6.45, 7) is 0.992. The van der Waals surface area contributed by atoms with Crippen molar-refractivity contribution in [1.29, 1.82) is 5.26 Å². The van der Waals surface area contributed by atoms with E-state index in [-0.39, 0.29) is 0 Å². The van der Waals surface area contributed by atoms with Gasteiger partial charge in [0.05, 0.1) is 11.9 Å². The number of amides is 2. The van der Waals surface area contributed by atoms with Gasteiger partial charge in [-0.3, -0.25) is 0 Å². The second-order valence-corrected chi connectivity index (χ2v) is 2.76. The number of nitrogens with zero attached hydrogens (tertiary/aromatic N) is 2. The maximum atomic E-state index is 10.3. The van der Waals surface area contributed by atoms with Gasteiger partial charge in [-0.15, -0.1) is 0 Å². The highest BCUT2D eigenvalue weighted by atomic mass is 16.2. The number of carbonyl (C=O) groups excluding carboxylic acids is 1. The fourth-order valence-electron chi connectivity index (χ4n) is 0.957. The molecule has 0 radical (unpaired) electrons. The number of nitrogens with two attached hydrogens (primary N) is 1. The maximum absolute atomic E-state index is 10.3. The van der Waals surface area contributed by atoms with Crippen LogP contribution in [0.25, 0.3) is 0 Å². The molecule has 0 bridgehead atoms. The van der Waals surface area contributed by atoms with Crippen LogP contribution in [0.15, 0.2) is 18.3 Å². The van der Waals surface area contributed by atoms with Crippen LogP contribution in [-0.2, 0) is 0 Å². The number of nitrogens with one attached hydrogen (secondary N) is 2. The monoisotopic (exact) mass is 205 g/mol. The lowest BCUT2D eigenvalue weighted by Crippen LogP contribution is -2.33. The third-order valence-corrected chi connectivity index (χ3v) is 1.63. The molecule has 0 saturated carbocycles. The Morgan fingerprint density at radius 1 is 1.53 bits per heavy atom. The first kappa shape index (κ1) is 10.8. The molecular weight excluding hydrogens is 194 g/mol. The lowest BCUT2D eigenvalue weighted by molar-refractivity contribution is 0.249. The van der Waals surface area contributed by atoms with E-state index in [4.69, 9.17) is 11.0 Å². The average molecular weight is 205 g/mol. The van der Waals surface area contributed by atoms with E-state index in [0.29, 0.717) is 18.8 Å². The largest absolute Gasteiger partial charge is 0.382 e. The van der Waals surface area contributed by atoms with Crippen LogP contribution in [0, 0.1) is 11.3 Å². The Bertz CT molecular complexity index is 367. The van der Waals surface area contributed by atoms with E-state index in [1.54, 1.807) is 18.3 Å². The van der Waals surface area contributed by atoms with Gasteiger partial charge in [-0.1, -0.05) is 0 Å². The minimum Gasteiger partial charge on any atom is -0.382 e. The summed E-state index contributed by atoms with van der Waals surface area (Å²) in [7, 11) is 0. The summed E-state index contributed by atoms with van der Waals surface area (Å²) in [5.74, 6) is 0.